The largest absolute Gasteiger partial charge is 0.393 e. The second kappa shape index (κ2) is 15.0. The number of benzene rings is 3. The van der Waals surface area contributed by atoms with E-state index in [1.165, 1.54) is 21.9 Å². The minimum atomic E-state index is -0.550. The first kappa shape index (κ1) is 32.8. The molecule has 222 valence electrons. The van der Waals surface area contributed by atoms with Gasteiger partial charge in [-0.1, -0.05) is 81.4 Å². The third-order valence-corrected chi connectivity index (χ3v) is 8.30. The second-order valence-electron chi connectivity index (χ2n) is 12.1. The topological polar surface area (TPSA) is 105 Å². The minimum absolute atomic E-state index is 0.00645. The summed E-state index contributed by atoms with van der Waals surface area (Å²) in [5, 5.41) is 17.7. The highest BCUT2D eigenvalue weighted by Crippen LogP contribution is 2.34. The number of aliphatic hydroxyl groups is 1. The van der Waals surface area contributed by atoms with E-state index in [1.54, 1.807) is 18.0 Å². The van der Waals surface area contributed by atoms with E-state index in [4.69, 9.17) is 4.79 Å². The van der Waals surface area contributed by atoms with Crippen molar-refractivity contribution in [3.63, 3.8) is 0 Å². The zero-order valence-electron chi connectivity index (χ0n) is 25.3. The quantitative estimate of drug-likeness (QED) is 0.146. The van der Waals surface area contributed by atoms with Crippen LogP contribution in [0.25, 0.3) is 10.8 Å². The summed E-state index contributed by atoms with van der Waals surface area (Å²) in [6, 6.07) is 26.4. The van der Waals surface area contributed by atoms with Crippen molar-refractivity contribution < 1.29 is 14.7 Å². The molecule has 0 bridgehead atoms. The number of primary amides is 1. The van der Waals surface area contributed by atoms with E-state index in [2.05, 4.69) is 73.2 Å². The van der Waals surface area contributed by atoms with Gasteiger partial charge in [-0.15, -0.1) is 11.8 Å². The number of carbonyl (C=O) groups excluding carboxylic acids is 2. The van der Waals surface area contributed by atoms with Crippen LogP contribution in [-0.4, -0.2) is 39.8 Å². The van der Waals surface area contributed by atoms with Crippen LogP contribution in [0.4, 0.5) is 0 Å². The normalized spacial score (nSPS) is 12.2. The van der Waals surface area contributed by atoms with Gasteiger partial charge in [0.05, 0.1) is 11.1 Å². The fourth-order valence-corrected chi connectivity index (χ4v) is 6.00. The van der Waals surface area contributed by atoms with E-state index in [0.717, 1.165) is 17.0 Å². The van der Waals surface area contributed by atoms with Crippen molar-refractivity contribution in [2.45, 2.75) is 76.0 Å². The van der Waals surface area contributed by atoms with E-state index < -0.39 is 11.6 Å². The van der Waals surface area contributed by atoms with Crippen molar-refractivity contribution in [2.75, 3.05) is 5.75 Å². The van der Waals surface area contributed by atoms with Crippen LogP contribution >= 0.6 is 11.8 Å². The number of aryl methyl sites for hydroxylation is 1. The Labute approximate surface area is 254 Å². The summed E-state index contributed by atoms with van der Waals surface area (Å²) >= 11 is 1.62. The molecule has 0 aliphatic rings. The van der Waals surface area contributed by atoms with Gasteiger partial charge in [0.1, 0.15) is 0 Å². The van der Waals surface area contributed by atoms with E-state index in [9.17, 15) is 9.90 Å². The van der Waals surface area contributed by atoms with Gasteiger partial charge in [-0.3, -0.25) is 9.59 Å². The van der Waals surface area contributed by atoms with Gasteiger partial charge in [-0.2, -0.15) is 0 Å². The maximum Gasteiger partial charge on any atom is 0.251 e. The van der Waals surface area contributed by atoms with E-state index in [1.807, 2.05) is 56.3 Å². The summed E-state index contributed by atoms with van der Waals surface area (Å²) in [7, 11) is 0. The van der Waals surface area contributed by atoms with Gasteiger partial charge < -0.3 is 16.2 Å². The number of nitrogens with zero attached hydrogens (tertiary/aromatic N) is 1. The van der Waals surface area contributed by atoms with Crippen molar-refractivity contribution in [1.29, 1.82) is 0 Å². The number of aromatic nitrogens is 1. The molecule has 0 saturated heterocycles. The van der Waals surface area contributed by atoms with Crippen LogP contribution in [0.15, 0.2) is 90.1 Å². The monoisotopic (exact) mass is 585 g/mol. The lowest BCUT2D eigenvalue weighted by Crippen LogP contribution is -2.45. The van der Waals surface area contributed by atoms with Crippen LogP contribution in [0.5, 0.6) is 0 Å². The predicted octanol–water partition coefficient (Wildman–Crippen LogP) is 6.47. The molecule has 4 aromatic rings. The number of fused-ring (bicyclic) bond motifs is 1. The average molecular weight is 586 g/mol. The number of nitrogens with two attached hydrogens (primary N) is 1. The number of aliphatic hydroxyl groups excluding tert-OH is 1. The highest BCUT2D eigenvalue weighted by molar-refractivity contribution is 7.99. The molecule has 4 N–H and O–H groups in total. The Morgan fingerprint density at radius 3 is 2.31 bits per heavy atom. The average Bonchev–Trinajstić information content (AvgIpc) is 2.95. The van der Waals surface area contributed by atoms with Gasteiger partial charge >= 0.3 is 0 Å². The lowest BCUT2D eigenvalue weighted by atomic mass is 9.79. The molecule has 7 heteroatoms. The van der Waals surface area contributed by atoms with Crippen LogP contribution in [0.2, 0.25) is 0 Å². The molecule has 0 fully saturated rings. The molecule has 0 radical (unpaired) electrons. The van der Waals surface area contributed by atoms with Crippen LogP contribution < -0.4 is 11.1 Å². The molecule has 1 atom stereocenters. The van der Waals surface area contributed by atoms with Crippen LogP contribution in [0, 0.1) is 0 Å². The smallest absolute Gasteiger partial charge is 0.251 e. The van der Waals surface area contributed by atoms with Crippen molar-refractivity contribution in [2.24, 2.45) is 5.73 Å². The van der Waals surface area contributed by atoms with Gasteiger partial charge in [0.2, 0.25) is 6.41 Å². The molecule has 0 spiro atoms. The fraction of sp³-hybridized carbons (Fsp3) is 0.343. The predicted molar refractivity (Wildman–Crippen MR) is 174 cm³/mol. The fourth-order valence-electron chi connectivity index (χ4n) is 5.11. The highest BCUT2D eigenvalue weighted by atomic mass is 32.2. The Bertz CT molecular complexity index is 1470. The third-order valence-electron chi connectivity index (χ3n) is 6.90. The summed E-state index contributed by atoms with van der Waals surface area (Å²) in [6.45, 7) is 10.8. The molecule has 1 heterocycles. The maximum atomic E-state index is 13.3. The number of carbonyl (C=O) groups is 2. The van der Waals surface area contributed by atoms with Gasteiger partial charge in [0, 0.05) is 23.1 Å². The van der Waals surface area contributed by atoms with Crippen molar-refractivity contribution in [3.8, 4) is 0 Å². The van der Waals surface area contributed by atoms with E-state index >= 15 is 0 Å². The number of thioether (sulfide) groups is 1. The number of pyridine rings is 1. The number of hydrogen-bond donors (Lipinski definition) is 3. The third kappa shape index (κ3) is 9.43. The van der Waals surface area contributed by atoms with Gasteiger partial charge in [0.25, 0.3) is 5.91 Å². The lowest BCUT2D eigenvalue weighted by molar-refractivity contribution is -0.106. The molecule has 3 aromatic carbocycles. The zero-order chi connectivity index (χ0) is 30.8. The highest BCUT2D eigenvalue weighted by Gasteiger charge is 2.24. The lowest BCUT2D eigenvalue weighted by Gasteiger charge is -2.27. The molecule has 0 saturated carbocycles. The molecule has 4 rings (SSSR count). The molecule has 1 aromatic heterocycles. The summed E-state index contributed by atoms with van der Waals surface area (Å²) in [5.74, 6) is 0.580. The Morgan fingerprint density at radius 2 is 1.62 bits per heavy atom. The van der Waals surface area contributed by atoms with Crippen molar-refractivity contribution in [3.05, 3.63) is 107 Å². The summed E-state index contributed by atoms with van der Waals surface area (Å²) in [4.78, 5) is 26.3. The molecular weight excluding hydrogens is 542 g/mol. The number of amides is 2. The van der Waals surface area contributed by atoms with Gasteiger partial charge in [0.15, 0.2) is 0 Å². The van der Waals surface area contributed by atoms with Gasteiger partial charge in [-0.25, -0.2) is 4.98 Å². The summed E-state index contributed by atoms with van der Waals surface area (Å²) in [5.41, 5.74) is 7.84. The molecule has 42 heavy (non-hydrogen) atoms. The molecule has 2 amide bonds. The molecule has 0 aliphatic heterocycles. The Morgan fingerprint density at radius 1 is 0.952 bits per heavy atom. The summed E-state index contributed by atoms with van der Waals surface area (Å²) < 4.78 is 0. The number of hydrogen-bond acceptors (Lipinski definition) is 5. The van der Waals surface area contributed by atoms with Crippen LogP contribution in [-0.2, 0) is 23.1 Å². The van der Waals surface area contributed by atoms with Crippen molar-refractivity contribution >= 4 is 34.9 Å². The number of rotatable bonds is 10. The van der Waals surface area contributed by atoms with E-state index in [-0.39, 0.29) is 17.7 Å². The maximum absolute atomic E-state index is 13.3. The first-order valence-corrected chi connectivity index (χ1v) is 15.2. The van der Waals surface area contributed by atoms with Crippen molar-refractivity contribution in [1.82, 2.24) is 10.3 Å². The van der Waals surface area contributed by atoms with Gasteiger partial charge in [-0.05, 0) is 84.2 Å². The first-order chi connectivity index (χ1) is 19.9. The first-order valence-electron chi connectivity index (χ1n) is 14.2. The Hall–Kier alpha value is -3.68. The standard InChI is InChI=1S/C34H40N2O2S.CH3NO/c1-33(2,3)31-25(18-17-24-12-6-8-14-28(24)31)19-20-27(37)22-26-13-7-9-15-29(26)32(38)36-34(4,5)23-39-30-16-10-11-21-35-30;2-1-3/h6-18,21,27,37H,19-20,22-23H2,1-5H3,(H,36,38);1H,(H2,2,3). The minimum Gasteiger partial charge on any atom is -0.393 e. The number of nitrogens with one attached hydrogen (secondary N) is 1. The zero-order valence-corrected chi connectivity index (χ0v) is 26.1. The molecule has 0 aliphatic carbocycles. The molecule has 1 unspecified atom stereocenters. The Kier molecular flexibility index (Phi) is 11.7. The Balaban J connectivity index is 0.00000155. The van der Waals surface area contributed by atoms with Crippen LogP contribution in [0.1, 0.15) is 68.1 Å². The van der Waals surface area contributed by atoms with E-state index in [0.29, 0.717) is 24.2 Å². The molecular formula is C35H43N3O3S. The summed E-state index contributed by atoms with van der Waals surface area (Å²) in [6.07, 6.45) is 3.32. The second-order valence-corrected chi connectivity index (χ2v) is 13.1. The molecule has 6 nitrogen and oxygen atoms in total. The van der Waals surface area contributed by atoms with Crippen LogP contribution in [0.3, 0.4) is 0 Å². The SMILES string of the molecule is CC(C)(CSc1ccccn1)NC(=O)c1ccccc1CC(O)CCc1ccc2ccccc2c1C(C)(C)C.NC=O.